The van der Waals surface area contributed by atoms with Crippen LogP contribution in [0.1, 0.15) is 30.4 Å². The molecular weight excluding hydrogens is 644 g/mol. The minimum absolute atomic E-state index is 0.0201. The summed E-state index contributed by atoms with van der Waals surface area (Å²) in [7, 11) is -7.26. The van der Waals surface area contributed by atoms with E-state index in [9.17, 15) is 30.4 Å². The van der Waals surface area contributed by atoms with Gasteiger partial charge in [-0.1, -0.05) is 18.2 Å². The van der Waals surface area contributed by atoms with Crippen LogP contribution in [-0.4, -0.2) is 80.2 Å². The molecule has 1 fully saturated rings. The lowest BCUT2D eigenvalue weighted by Gasteiger charge is -2.30. The van der Waals surface area contributed by atoms with E-state index in [1.165, 1.54) is 28.8 Å². The van der Waals surface area contributed by atoms with Gasteiger partial charge in [0.05, 0.1) is 29.0 Å². The van der Waals surface area contributed by atoms with Crippen molar-refractivity contribution in [3.8, 4) is 11.3 Å². The quantitative estimate of drug-likeness (QED) is 0.244. The number of nitrogens with one attached hydrogen (secondary N) is 1. The Morgan fingerprint density at radius 3 is 2.46 bits per heavy atom. The number of pyridine rings is 2. The highest BCUT2D eigenvalue weighted by Gasteiger charge is 2.26. The van der Waals surface area contributed by atoms with Crippen molar-refractivity contribution in [2.24, 2.45) is 0 Å². The number of hydrogen-bond donors (Lipinski definition) is 1. The average molecular weight is 672 g/mol. The number of sulfonamides is 1. The lowest BCUT2D eigenvalue weighted by atomic mass is 10.1. The maximum atomic E-state index is 13.8. The van der Waals surface area contributed by atoms with Gasteiger partial charge in [-0.05, 0) is 42.7 Å². The maximum absolute atomic E-state index is 13.8. The normalized spacial score (nSPS) is 15.0. The molecule has 0 amide bonds. The van der Waals surface area contributed by atoms with Crippen LogP contribution in [0.25, 0.3) is 22.3 Å². The summed E-state index contributed by atoms with van der Waals surface area (Å²) < 4.78 is 80.4. The molecule has 4 aromatic heterocycles. The van der Waals surface area contributed by atoms with E-state index in [-0.39, 0.29) is 34.5 Å². The first-order valence-electron chi connectivity index (χ1n) is 14.0. The zero-order valence-corrected chi connectivity index (χ0v) is 25.9. The molecule has 6 rings (SSSR count). The number of nitrogens with zero attached hydrogens (tertiary/aromatic N) is 8. The Bertz CT molecular complexity index is 2170. The van der Waals surface area contributed by atoms with Crippen molar-refractivity contribution >= 4 is 37.0 Å². The SMILES string of the molecule is CS(=O)(=O)N1CCC(Nc2ncc3cc(C(F)F)c(=O)n(Cc4ccc(-c5cccc(S(=O)(=O)n6cncn6)c5)nc4)c3n2)CC1. The number of hydrogen-bond acceptors (Lipinski definition) is 11. The molecule has 0 aliphatic carbocycles. The van der Waals surface area contributed by atoms with Crippen LogP contribution in [0.4, 0.5) is 14.7 Å². The van der Waals surface area contributed by atoms with E-state index >= 15 is 0 Å². The fourth-order valence-corrected chi connectivity index (χ4v) is 7.15. The monoisotopic (exact) mass is 671 g/mol. The highest BCUT2D eigenvalue weighted by molar-refractivity contribution is 7.89. The Labute approximate surface area is 261 Å². The van der Waals surface area contributed by atoms with E-state index in [4.69, 9.17) is 0 Å². The van der Waals surface area contributed by atoms with Gasteiger partial charge in [0, 0.05) is 42.5 Å². The summed E-state index contributed by atoms with van der Waals surface area (Å²) in [6.07, 6.45) is 4.19. The number of benzene rings is 1. The number of piperidine rings is 1. The van der Waals surface area contributed by atoms with Gasteiger partial charge in [-0.3, -0.25) is 14.3 Å². The second kappa shape index (κ2) is 12.3. The Morgan fingerprint density at radius 1 is 1.02 bits per heavy atom. The molecule has 18 heteroatoms. The molecule has 14 nitrogen and oxygen atoms in total. The summed E-state index contributed by atoms with van der Waals surface area (Å²) in [4.78, 5) is 30.1. The highest BCUT2D eigenvalue weighted by atomic mass is 32.2. The largest absolute Gasteiger partial charge is 0.351 e. The zero-order chi connectivity index (χ0) is 32.6. The summed E-state index contributed by atoms with van der Waals surface area (Å²) in [5.74, 6) is 0.178. The third-order valence-corrected chi connectivity index (χ3v) is 10.4. The van der Waals surface area contributed by atoms with Crippen molar-refractivity contribution < 1.29 is 25.6 Å². The summed E-state index contributed by atoms with van der Waals surface area (Å²) in [5, 5.41) is 7.11. The third kappa shape index (κ3) is 6.35. The Kier molecular flexibility index (Phi) is 8.34. The lowest BCUT2D eigenvalue weighted by Crippen LogP contribution is -2.42. The van der Waals surface area contributed by atoms with Crippen LogP contribution in [0.15, 0.2) is 77.2 Å². The molecule has 0 saturated carbocycles. The topological polar surface area (TPSA) is 175 Å². The molecular formula is C28H27F2N9O5S2. The van der Waals surface area contributed by atoms with Crippen molar-refractivity contribution in [1.82, 2.24) is 38.0 Å². The molecule has 1 aliphatic heterocycles. The lowest BCUT2D eigenvalue weighted by molar-refractivity contribution is 0.149. The van der Waals surface area contributed by atoms with Crippen molar-refractivity contribution in [1.29, 1.82) is 0 Å². The molecule has 1 N–H and O–H groups in total. The first-order valence-corrected chi connectivity index (χ1v) is 17.2. The smallest absolute Gasteiger partial charge is 0.284 e. The van der Waals surface area contributed by atoms with E-state index < -0.39 is 37.6 Å². The van der Waals surface area contributed by atoms with E-state index in [1.807, 2.05) is 0 Å². The summed E-state index contributed by atoms with van der Waals surface area (Å²) in [6, 6.07) is 10.4. The predicted molar refractivity (Wildman–Crippen MR) is 163 cm³/mol. The number of aromatic nitrogens is 7. The van der Waals surface area contributed by atoms with Gasteiger partial charge >= 0.3 is 0 Å². The average Bonchev–Trinajstić information content (AvgIpc) is 3.59. The van der Waals surface area contributed by atoms with Gasteiger partial charge in [0.1, 0.15) is 18.3 Å². The first kappa shape index (κ1) is 31.3. The molecule has 240 valence electrons. The van der Waals surface area contributed by atoms with E-state index in [0.717, 1.165) is 33.6 Å². The maximum Gasteiger partial charge on any atom is 0.284 e. The second-order valence-electron chi connectivity index (χ2n) is 10.7. The zero-order valence-electron chi connectivity index (χ0n) is 24.2. The second-order valence-corrected chi connectivity index (χ2v) is 14.5. The van der Waals surface area contributed by atoms with E-state index in [1.54, 1.807) is 24.3 Å². The summed E-state index contributed by atoms with van der Waals surface area (Å²) >= 11 is 0. The van der Waals surface area contributed by atoms with Gasteiger partial charge in [0.15, 0.2) is 0 Å². The molecule has 0 unspecified atom stereocenters. The van der Waals surface area contributed by atoms with E-state index in [0.29, 0.717) is 42.8 Å². The predicted octanol–water partition coefficient (Wildman–Crippen LogP) is 2.50. The molecule has 1 aromatic carbocycles. The fourth-order valence-electron chi connectivity index (χ4n) is 5.19. The molecule has 0 bridgehead atoms. The standard InChI is InChI=1S/C28H27F2N9O5S2/c1-45(41,42)37-9-7-21(8-10-37)35-28-33-14-20-12-23(25(29)30)27(40)38(26(20)36-28)15-18-5-6-24(32-13-18)19-3-2-4-22(11-19)46(43,44)39-17-31-16-34-39/h2-6,11-14,16-17,21,25H,7-10,15H2,1H3,(H,33,35,36). The molecule has 0 atom stereocenters. The molecule has 0 radical (unpaired) electrons. The fraction of sp³-hybridized carbons (Fsp3) is 0.286. The number of rotatable bonds is 9. The van der Waals surface area contributed by atoms with Gasteiger partial charge in [0.2, 0.25) is 16.0 Å². The molecule has 46 heavy (non-hydrogen) atoms. The highest BCUT2D eigenvalue weighted by Crippen LogP contribution is 2.24. The minimum atomic E-state index is -3.96. The summed E-state index contributed by atoms with van der Waals surface area (Å²) in [6.45, 7) is 0.530. The molecule has 0 spiro atoms. The van der Waals surface area contributed by atoms with Crippen LogP contribution < -0.4 is 10.9 Å². The van der Waals surface area contributed by atoms with Crippen LogP contribution >= 0.6 is 0 Å². The van der Waals surface area contributed by atoms with Gasteiger partial charge < -0.3 is 5.32 Å². The van der Waals surface area contributed by atoms with Gasteiger partial charge in [-0.25, -0.2) is 31.5 Å². The van der Waals surface area contributed by atoms with Crippen LogP contribution in [-0.2, 0) is 26.6 Å². The number of alkyl halides is 2. The van der Waals surface area contributed by atoms with Gasteiger partial charge in [-0.15, -0.1) is 9.19 Å². The van der Waals surface area contributed by atoms with Crippen molar-refractivity contribution in [3.63, 3.8) is 0 Å². The van der Waals surface area contributed by atoms with Crippen LogP contribution in [0.3, 0.4) is 0 Å². The molecule has 1 aliphatic rings. The van der Waals surface area contributed by atoms with Crippen molar-refractivity contribution in [3.05, 3.63) is 89.0 Å². The van der Waals surface area contributed by atoms with Gasteiger partial charge in [0.25, 0.3) is 22.0 Å². The van der Waals surface area contributed by atoms with Gasteiger partial charge in [-0.2, -0.15) is 13.4 Å². The first-order chi connectivity index (χ1) is 21.9. The number of halogens is 2. The Morgan fingerprint density at radius 2 is 1.80 bits per heavy atom. The van der Waals surface area contributed by atoms with E-state index in [2.05, 4.69) is 30.4 Å². The van der Waals surface area contributed by atoms with Crippen LogP contribution in [0.5, 0.6) is 0 Å². The van der Waals surface area contributed by atoms with Crippen molar-refractivity contribution in [2.75, 3.05) is 24.7 Å². The Hall–Kier alpha value is -4.68. The molecule has 1 saturated heterocycles. The third-order valence-electron chi connectivity index (χ3n) is 7.58. The summed E-state index contributed by atoms with van der Waals surface area (Å²) in [5.41, 5.74) is -0.0278. The van der Waals surface area contributed by atoms with Crippen LogP contribution in [0.2, 0.25) is 0 Å². The molecule has 5 heterocycles. The van der Waals surface area contributed by atoms with Crippen LogP contribution in [0, 0.1) is 0 Å². The number of anilines is 1. The number of fused-ring (bicyclic) bond motifs is 1. The van der Waals surface area contributed by atoms with Crippen molar-refractivity contribution in [2.45, 2.75) is 36.7 Å². The Balaban J connectivity index is 1.28. The molecule has 5 aromatic rings. The minimum Gasteiger partial charge on any atom is -0.351 e.